The molecule has 0 aliphatic rings. The van der Waals surface area contributed by atoms with Gasteiger partial charge in [-0.25, -0.2) is 0 Å². The molecule has 0 bridgehead atoms. The molecule has 3 aromatic rings. The minimum absolute atomic E-state index is 0.0538. The van der Waals surface area contributed by atoms with Crippen LogP contribution in [0.15, 0.2) is 63.1 Å². The first-order chi connectivity index (χ1) is 13.0. The molecule has 6 nitrogen and oxygen atoms in total. The highest BCUT2D eigenvalue weighted by Gasteiger charge is 2.09. The highest BCUT2D eigenvalue weighted by molar-refractivity contribution is 8.03. The fourth-order valence-corrected chi connectivity index (χ4v) is 3.07. The zero-order chi connectivity index (χ0) is 19.2. The molecule has 3 rings (SSSR count). The molecule has 0 aliphatic heterocycles. The number of ether oxygens (including phenoxy) is 1. The average Bonchev–Trinajstić information content (AvgIpc) is 3.06. The number of aryl methyl sites for hydroxylation is 1. The molecular weight excluding hydrogens is 388 g/mol. The van der Waals surface area contributed by atoms with Gasteiger partial charge in [-0.3, -0.25) is 0 Å². The molecule has 0 saturated heterocycles. The fraction of sp³-hybridized carbons (Fsp3) is 0.105. The zero-order valence-corrected chi connectivity index (χ0v) is 15.8. The van der Waals surface area contributed by atoms with E-state index in [-0.39, 0.29) is 10.1 Å². The zero-order valence-electron chi connectivity index (χ0n) is 14.2. The lowest BCUT2D eigenvalue weighted by molar-refractivity contribution is -0.298. The Balaban J connectivity index is 1.75. The summed E-state index contributed by atoms with van der Waals surface area (Å²) in [5, 5.41) is 19.6. The molecule has 27 heavy (non-hydrogen) atoms. The highest BCUT2D eigenvalue weighted by Crippen LogP contribution is 2.28. The van der Waals surface area contributed by atoms with E-state index in [9.17, 15) is 9.90 Å². The number of aliphatic carboxylic acids is 1. The second kappa shape index (κ2) is 8.75. The normalized spacial score (nSPS) is 11.4. The van der Waals surface area contributed by atoms with E-state index in [1.165, 1.54) is 6.08 Å². The minimum Gasteiger partial charge on any atom is -0.544 e. The Bertz CT molecular complexity index is 987. The van der Waals surface area contributed by atoms with Gasteiger partial charge in [0.25, 0.3) is 5.22 Å². The fourth-order valence-electron chi connectivity index (χ4n) is 2.17. The lowest BCUT2D eigenvalue weighted by Crippen LogP contribution is -2.23. The molecule has 8 heteroatoms. The molecule has 0 radical (unpaired) electrons. The van der Waals surface area contributed by atoms with Crippen molar-refractivity contribution in [2.45, 2.75) is 18.8 Å². The summed E-state index contributed by atoms with van der Waals surface area (Å²) in [5.74, 6) is -0.400. The lowest BCUT2D eigenvalue weighted by Gasteiger charge is -2.09. The number of hydrogen-bond donors (Lipinski definition) is 0. The van der Waals surface area contributed by atoms with Crippen LogP contribution in [0, 0.1) is 6.92 Å². The number of carbonyl (C=O) groups is 1. The summed E-state index contributed by atoms with van der Waals surface area (Å²) >= 11 is 6.95. The molecule has 1 heterocycles. The Kier molecular flexibility index (Phi) is 6.16. The van der Waals surface area contributed by atoms with E-state index in [0.717, 1.165) is 17.3 Å². The van der Waals surface area contributed by atoms with Gasteiger partial charge in [-0.1, -0.05) is 41.9 Å². The predicted molar refractivity (Wildman–Crippen MR) is 100 cm³/mol. The van der Waals surface area contributed by atoms with Crippen molar-refractivity contribution in [3.05, 3.63) is 75.5 Å². The first kappa shape index (κ1) is 19.0. The van der Waals surface area contributed by atoms with Crippen LogP contribution in [0.25, 0.3) is 6.08 Å². The van der Waals surface area contributed by atoms with Crippen molar-refractivity contribution in [3.8, 4) is 5.75 Å². The maximum atomic E-state index is 11.4. The van der Waals surface area contributed by atoms with Gasteiger partial charge < -0.3 is 19.1 Å². The van der Waals surface area contributed by atoms with E-state index >= 15 is 0 Å². The van der Waals surface area contributed by atoms with Gasteiger partial charge in [0.2, 0.25) is 5.89 Å². The first-order valence-electron chi connectivity index (χ1n) is 7.88. The maximum absolute atomic E-state index is 11.4. The second-order valence-electron chi connectivity index (χ2n) is 5.44. The molecule has 2 aromatic carbocycles. The number of thioether (sulfide) groups is 1. The third-order valence-corrected chi connectivity index (χ3v) is 4.63. The number of hydrogen-bond acceptors (Lipinski definition) is 7. The van der Waals surface area contributed by atoms with E-state index in [1.54, 1.807) is 37.3 Å². The summed E-state index contributed by atoms with van der Waals surface area (Å²) in [7, 11) is 0. The summed E-state index contributed by atoms with van der Waals surface area (Å²) in [6.07, 6.45) is 1.46. The van der Waals surface area contributed by atoms with Crippen LogP contribution in [0.5, 0.6) is 5.75 Å². The van der Waals surface area contributed by atoms with Crippen LogP contribution in [0.4, 0.5) is 0 Å². The molecular formula is C19H14ClN2O4S-. The SMILES string of the molecule is Cc1nnc(S/C(=C/c2cccc(OCc3ccccc3Cl)c2)C(=O)[O-])o1. The largest absolute Gasteiger partial charge is 0.544 e. The van der Waals surface area contributed by atoms with Crippen LogP contribution in [0.2, 0.25) is 5.02 Å². The van der Waals surface area contributed by atoms with Crippen molar-refractivity contribution in [1.82, 2.24) is 10.2 Å². The average molecular weight is 402 g/mol. The van der Waals surface area contributed by atoms with E-state index in [4.69, 9.17) is 20.8 Å². The smallest absolute Gasteiger partial charge is 0.281 e. The molecule has 0 N–H and O–H groups in total. The molecule has 0 saturated carbocycles. The Morgan fingerprint density at radius 3 is 2.78 bits per heavy atom. The number of nitrogens with zero attached hydrogens (tertiary/aromatic N) is 2. The van der Waals surface area contributed by atoms with Crippen molar-refractivity contribution in [3.63, 3.8) is 0 Å². The molecule has 0 atom stereocenters. The Morgan fingerprint density at radius 1 is 1.26 bits per heavy atom. The number of benzene rings is 2. The standard InChI is InChI=1S/C19H15ClN2O4S/c1-12-21-22-19(26-12)27-17(18(23)24)10-13-5-4-7-15(9-13)25-11-14-6-2-3-8-16(14)20/h2-10H,11H2,1H3,(H,23,24)/p-1/b17-10+. The highest BCUT2D eigenvalue weighted by atomic mass is 35.5. The molecule has 0 fully saturated rings. The van der Waals surface area contributed by atoms with Gasteiger partial charge in [-0.15, -0.1) is 10.2 Å². The molecule has 1 aromatic heterocycles. The third kappa shape index (κ3) is 5.35. The molecule has 0 spiro atoms. The van der Waals surface area contributed by atoms with Gasteiger partial charge >= 0.3 is 0 Å². The monoisotopic (exact) mass is 401 g/mol. The van der Waals surface area contributed by atoms with Crippen LogP contribution < -0.4 is 9.84 Å². The molecule has 0 amide bonds. The predicted octanol–water partition coefficient (Wildman–Crippen LogP) is 3.49. The quantitative estimate of drug-likeness (QED) is 0.442. The summed E-state index contributed by atoms with van der Waals surface area (Å²) in [5.41, 5.74) is 1.49. The summed E-state index contributed by atoms with van der Waals surface area (Å²) in [4.78, 5) is 11.4. The molecule has 0 unspecified atom stereocenters. The Labute approximate surface area is 164 Å². The Morgan fingerprint density at radius 2 is 2.07 bits per heavy atom. The number of carboxylic acids is 1. The van der Waals surface area contributed by atoms with Gasteiger partial charge in [0.15, 0.2) is 0 Å². The van der Waals surface area contributed by atoms with E-state index in [2.05, 4.69) is 10.2 Å². The number of aromatic nitrogens is 2. The molecule has 138 valence electrons. The van der Waals surface area contributed by atoms with E-state index in [0.29, 0.717) is 28.8 Å². The summed E-state index contributed by atoms with van der Waals surface area (Å²) in [6, 6.07) is 14.4. The molecule has 0 aliphatic carbocycles. The van der Waals surface area contributed by atoms with Crippen LogP contribution in [-0.4, -0.2) is 16.2 Å². The van der Waals surface area contributed by atoms with Crippen LogP contribution in [0.1, 0.15) is 17.0 Å². The van der Waals surface area contributed by atoms with Gasteiger partial charge in [-0.05, 0) is 41.6 Å². The summed E-state index contributed by atoms with van der Waals surface area (Å²) in [6.45, 7) is 1.93. The second-order valence-corrected chi connectivity index (χ2v) is 6.84. The van der Waals surface area contributed by atoms with E-state index in [1.807, 2.05) is 18.2 Å². The van der Waals surface area contributed by atoms with Gasteiger partial charge in [0.1, 0.15) is 12.4 Å². The van der Waals surface area contributed by atoms with Crippen molar-refractivity contribution >= 4 is 35.4 Å². The van der Waals surface area contributed by atoms with Gasteiger partial charge in [-0.2, -0.15) is 0 Å². The third-order valence-electron chi connectivity index (χ3n) is 3.41. The van der Waals surface area contributed by atoms with Gasteiger partial charge in [0, 0.05) is 22.4 Å². The first-order valence-corrected chi connectivity index (χ1v) is 9.08. The minimum atomic E-state index is -1.33. The number of carboxylic acid groups (broad SMARTS) is 1. The Hall–Kier alpha value is -2.77. The van der Waals surface area contributed by atoms with Crippen LogP contribution in [-0.2, 0) is 11.4 Å². The maximum Gasteiger partial charge on any atom is 0.281 e. The lowest BCUT2D eigenvalue weighted by atomic mass is 10.2. The van der Waals surface area contributed by atoms with Crippen LogP contribution in [0.3, 0.4) is 0 Å². The van der Waals surface area contributed by atoms with E-state index < -0.39 is 5.97 Å². The number of rotatable bonds is 7. The number of carbonyl (C=O) groups excluding carboxylic acids is 1. The number of halogens is 1. The van der Waals surface area contributed by atoms with Gasteiger partial charge in [0.05, 0.1) is 5.97 Å². The van der Waals surface area contributed by atoms with Crippen molar-refractivity contribution in [2.75, 3.05) is 0 Å². The summed E-state index contributed by atoms with van der Waals surface area (Å²) < 4.78 is 10.9. The van der Waals surface area contributed by atoms with Crippen LogP contribution >= 0.6 is 23.4 Å². The topological polar surface area (TPSA) is 88.3 Å². The van der Waals surface area contributed by atoms with Crippen molar-refractivity contribution in [1.29, 1.82) is 0 Å². The van der Waals surface area contributed by atoms with Crippen molar-refractivity contribution < 1.29 is 19.1 Å². The van der Waals surface area contributed by atoms with Crippen molar-refractivity contribution in [2.24, 2.45) is 0 Å².